The van der Waals surface area contributed by atoms with Crippen LogP contribution < -0.4 is 4.74 Å². The average molecular weight is 498 g/mol. The Morgan fingerprint density at radius 1 is 1.12 bits per heavy atom. The molecule has 0 radical (unpaired) electrons. The SMILES string of the molecule is C[C@H](Oc1ccc(S(C)(=O)=O)cc1C1c2ccc(C3CCOCC3)cc2CN1C=O)C(F)(F)F. The van der Waals surface area contributed by atoms with Crippen LogP contribution in [-0.2, 0) is 25.9 Å². The number of alkyl halides is 3. The van der Waals surface area contributed by atoms with Gasteiger partial charge in [-0.05, 0) is 60.6 Å². The predicted octanol–water partition coefficient (Wildman–Crippen LogP) is 4.38. The predicted molar refractivity (Wildman–Crippen MR) is 118 cm³/mol. The van der Waals surface area contributed by atoms with E-state index in [1.54, 1.807) is 0 Å². The summed E-state index contributed by atoms with van der Waals surface area (Å²) in [7, 11) is -3.65. The van der Waals surface area contributed by atoms with Gasteiger partial charge in [0.05, 0.1) is 10.9 Å². The Kier molecular flexibility index (Phi) is 6.65. The van der Waals surface area contributed by atoms with Gasteiger partial charge in [-0.2, -0.15) is 13.2 Å². The van der Waals surface area contributed by atoms with E-state index in [2.05, 4.69) is 0 Å². The van der Waals surface area contributed by atoms with Crippen molar-refractivity contribution in [2.24, 2.45) is 0 Å². The topological polar surface area (TPSA) is 72.9 Å². The van der Waals surface area contributed by atoms with E-state index in [9.17, 15) is 26.4 Å². The first-order chi connectivity index (χ1) is 16.0. The number of carbonyl (C=O) groups excluding carboxylic acids is 1. The van der Waals surface area contributed by atoms with E-state index >= 15 is 0 Å². The Bertz CT molecular complexity index is 1180. The quantitative estimate of drug-likeness (QED) is 0.554. The number of fused-ring (bicyclic) bond motifs is 1. The van der Waals surface area contributed by atoms with Gasteiger partial charge in [0.25, 0.3) is 0 Å². The Balaban J connectivity index is 1.79. The van der Waals surface area contributed by atoms with Crippen LogP contribution in [0.5, 0.6) is 5.75 Å². The minimum atomic E-state index is -4.61. The second-order valence-corrected chi connectivity index (χ2v) is 10.8. The van der Waals surface area contributed by atoms with E-state index in [0.717, 1.165) is 42.7 Å². The standard InChI is InChI=1S/C24H26F3NO5S/c1-15(24(25,26)27)33-22-6-4-19(34(2,30)31)12-21(22)23-20-5-3-17(16-7-9-32-10-8-16)11-18(20)13-28(23)14-29/h3-6,11-12,14-16,23H,7-10,13H2,1-2H3/t15-,23?/m0/s1. The maximum atomic E-state index is 13.2. The number of benzene rings is 2. The fourth-order valence-electron chi connectivity index (χ4n) is 4.56. The monoisotopic (exact) mass is 497 g/mol. The van der Waals surface area contributed by atoms with Crippen LogP contribution >= 0.6 is 0 Å². The van der Waals surface area contributed by atoms with Crippen LogP contribution in [0.4, 0.5) is 13.2 Å². The van der Waals surface area contributed by atoms with Gasteiger partial charge in [0.1, 0.15) is 5.75 Å². The largest absolute Gasteiger partial charge is 0.481 e. The van der Waals surface area contributed by atoms with Crippen LogP contribution in [0.2, 0.25) is 0 Å². The van der Waals surface area contributed by atoms with Gasteiger partial charge in [0.2, 0.25) is 6.41 Å². The van der Waals surface area contributed by atoms with Gasteiger partial charge in [-0.15, -0.1) is 0 Å². The smallest absolute Gasteiger partial charge is 0.425 e. The van der Waals surface area contributed by atoms with E-state index < -0.39 is 28.2 Å². The molecular formula is C24H26F3NO5S. The molecule has 2 atom stereocenters. The van der Waals surface area contributed by atoms with E-state index in [0.29, 0.717) is 25.5 Å². The van der Waals surface area contributed by atoms with Gasteiger partial charge >= 0.3 is 6.18 Å². The van der Waals surface area contributed by atoms with E-state index in [1.165, 1.54) is 23.1 Å². The lowest BCUT2D eigenvalue weighted by Crippen LogP contribution is -2.32. The molecule has 0 spiro atoms. The maximum absolute atomic E-state index is 13.2. The number of sulfone groups is 1. The lowest BCUT2D eigenvalue weighted by Gasteiger charge is -2.26. The molecule has 4 rings (SSSR count). The minimum Gasteiger partial charge on any atom is -0.481 e. The van der Waals surface area contributed by atoms with E-state index in [4.69, 9.17) is 9.47 Å². The van der Waals surface area contributed by atoms with Crippen molar-refractivity contribution in [1.82, 2.24) is 4.90 Å². The average Bonchev–Trinajstić information content (AvgIpc) is 3.16. The van der Waals surface area contributed by atoms with Crippen LogP contribution in [0.15, 0.2) is 41.3 Å². The molecule has 0 aromatic heterocycles. The molecule has 1 saturated heterocycles. The zero-order valence-electron chi connectivity index (χ0n) is 18.8. The summed E-state index contributed by atoms with van der Waals surface area (Å²) < 4.78 is 74.7. The van der Waals surface area contributed by atoms with Crippen molar-refractivity contribution in [2.75, 3.05) is 19.5 Å². The molecule has 2 heterocycles. The molecule has 1 fully saturated rings. The van der Waals surface area contributed by atoms with Crippen molar-refractivity contribution in [3.05, 3.63) is 58.7 Å². The van der Waals surface area contributed by atoms with Gasteiger partial charge in [0.15, 0.2) is 15.9 Å². The number of nitrogens with zero attached hydrogens (tertiary/aromatic N) is 1. The molecule has 0 aliphatic carbocycles. The molecule has 184 valence electrons. The van der Waals surface area contributed by atoms with Crippen molar-refractivity contribution < 1.29 is 35.9 Å². The Hall–Kier alpha value is -2.59. The molecule has 1 amide bonds. The second kappa shape index (κ2) is 9.22. The number of ether oxygens (including phenoxy) is 2. The first kappa shape index (κ1) is 24.5. The molecular weight excluding hydrogens is 471 g/mol. The third-order valence-electron chi connectivity index (χ3n) is 6.44. The lowest BCUT2D eigenvalue weighted by atomic mass is 9.88. The highest BCUT2D eigenvalue weighted by atomic mass is 32.2. The highest BCUT2D eigenvalue weighted by Gasteiger charge is 2.40. The van der Waals surface area contributed by atoms with Crippen LogP contribution in [-0.4, -0.2) is 51.5 Å². The Morgan fingerprint density at radius 3 is 2.44 bits per heavy atom. The number of amides is 1. The van der Waals surface area contributed by atoms with Crippen molar-refractivity contribution in [3.63, 3.8) is 0 Å². The summed E-state index contributed by atoms with van der Waals surface area (Å²) in [5, 5.41) is 0. The van der Waals surface area contributed by atoms with Gasteiger partial charge in [0, 0.05) is 31.6 Å². The van der Waals surface area contributed by atoms with Crippen molar-refractivity contribution >= 4 is 16.2 Å². The molecule has 2 aromatic rings. The first-order valence-corrected chi connectivity index (χ1v) is 12.9. The van der Waals surface area contributed by atoms with Crippen LogP contribution in [0, 0.1) is 0 Å². The summed E-state index contributed by atoms with van der Waals surface area (Å²) in [5.74, 6) is 0.221. The summed E-state index contributed by atoms with van der Waals surface area (Å²) in [5.41, 5.74) is 2.93. The molecule has 2 aromatic carbocycles. The van der Waals surface area contributed by atoms with Crippen molar-refractivity contribution in [1.29, 1.82) is 0 Å². The van der Waals surface area contributed by atoms with Crippen LogP contribution in [0.1, 0.15) is 54.0 Å². The third-order valence-corrected chi connectivity index (χ3v) is 7.55. The zero-order valence-corrected chi connectivity index (χ0v) is 19.7. The van der Waals surface area contributed by atoms with Crippen LogP contribution in [0.3, 0.4) is 0 Å². The minimum absolute atomic E-state index is 0.0624. The fraction of sp³-hybridized carbons (Fsp3) is 0.458. The summed E-state index contributed by atoms with van der Waals surface area (Å²) >= 11 is 0. The number of hydrogen-bond donors (Lipinski definition) is 0. The summed E-state index contributed by atoms with van der Waals surface area (Å²) in [4.78, 5) is 13.4. The Morgan fingerprint density at radius 2 is 1.82 bits per heavy atom. The molecule has 34 heavy (non-hydrogen) atoms. The summed E-state index contributed by atoms with van der Waals surface area (Å²) in [6.45, 7) is 2.51. The first-order valence-electron chi connectivity index (χ1n) is 11.0. The second-order valence-electron chi connectivity index (χ2n) is 8.80. The molecule has 0 bridgehead atoms. The van der Waals surface area contributed by atoms with Gasteiger partial charge < -0.3 is 14.4 Å². The molecule has 0 N–H and O–H groups in total. The zero-order chi connectivity index (χ0) is 24.7. The lowest BCUT2D eigenvalue weighted by molar-refractivity contribution is -0.189. The maximum Gasteiger partial charge on any atom is 0.425 e. The Labute approximate surface area is 196 Å². The normalized spacial score (nSPS) is 20.1. The molecule has 1 unspecified atom stereocenters. The molecule has 10 heteroatoms. The molecule has 2 aliphatic rings. The van der Waals surface area contributed by atoms with E-state index in [1.807, 2.05) is 18.2 Å². The number of halogens is 3. The molecule has 2 aliphatic heterocycles. The summed E-state index contributed by atoms with van der Waals surface area (Å²) in [6.07, 6.45) is -3.29. The number of rotatable bonds is 6. The summed E-state index contributed by atoms with van der Waals surface area (Å²) in [6, 6.07) is 8.84. The highest BCUT2D eigenvalue weighted by molar-refractivity contribution is 7.90. The van der Waals surface area contributed by atoms with Crippen molar-refractivity contribution in [2.45, 2.75) is 55.4 Å². The van der Waals surface area contributed by atoms with Gasteiger partial charge in [-0.25, -0.2) is 8.42 Å². The molecule has 6 nitrogen and oxygen atoms in total. The number of carbonyl (C=O) groups is 1. The third kappa shape index (κ3) is 4.93. The van der Waals surface area contributed by atoms with E-state index in [-0.39, 0.29) is 22.8 Å². The van der Waals surface area contributed by atoms with Gasteiger partial charge in [-0.1, -0.05) is 18.2 Å². The van der Waals surface area contributed by atoms with Crippen LogP contribution in [0.25, 0.3) is 0 Å². The van der Waals surface area contributed by atoms with Crippen molar-refractivity contribution in [3.8, 4) is 5.75 Å². The number of hydrogen-bond acceptors (Lipinski definition) is 5. The fourth-order valence-corrected chi connectivity index (χ4v) is 5.22. The molecule has 0 saturated carbocycles. The highest BCUT2D eigenvalue weighted by Crippen LogP contribution is 2.44. The van der Waals surface area contributed by atoms with Gasteiger partial charge in [-0.3, -0.25) is 4.79 Å².